The number of carbonyl (C=O) groups excluding carboxylic acids is 1. The minimum atomic E-state index is -0.382. The molecule has 0 aliphatic rings. The second-order valence-electron chi connectivity index (χ2n) is 4.13. The fourth-order valence-electron chi connectivity index (χ4n) is 1.79. The van der Waals surface area contributed by atoms with Crippen LogP contribution in [-0.2, 0) is 4.74 Å². The van der Waals surface area contributed by atoms with Crippen LogP contribution in [0.3, 0.4) is 0 Å². The van der Waals surface area contributed by atoms with Gasteiger partial charge >= 0.3 is 5.97 Å². The fourth-order valence-corrected chi connectivity index (χ4v) is 1.79. The normalized spacial score (nSPS) is 9.86. The highest BCUT2D eigenvalue weighted by molar-refractivity contribution is 5.89. The van der Waals surface area contributed by atoms with Gasteiger partial charge in [0.25, 0.3) is 0 Å². The summed E-state index contributed by atoms with van der Waals surface area (Å²) in [6, 6.07) is 11.9. The Kier molecular flexibility index (Phi) is 4.66. The van der Waals surface area contributed by atoms with Gasteiger partial charge in [-0.2, -0.15) is 0 Å². The van der Waals surface area contributed by atoms with Gasteiger partial charge in [0.1, 0.15) is 11.5 Å². The van der Waals surface area contributed by atoms with Crippen molar-refractivity contribution in [3.8, 4) is 23.0 Å². The quantitative estimate of drug-likeness (QED) is 0.790. The summed E-state index contributed by atoms with van der Waals surface area (Å²) in [5.74, 6) is 2.05. The molecule has 0 amide bonds. The Balaban J connectivity index is 2.16. The molecular weight excluding hydrogens is 272 g/mol. The zero-order valence-electron chi connectivity index (χ0n) is 12.1. The molecule has 2 rings (SSSR count). The van der Waals surface area contributed by atoms with E-state index in [1.165, 1.54) is 7.11 Å². The first-order valence-corrected chi connectivity index (χ1v) is 6.26. The molecule has 0 fully saturated rings. The van der Waals surface area contributed by atoms with E-state index in [0.717, 1.165) is 0 Å². The van der Waals surface area contributed by atoms with Gasteiger partial charge in [0.2, 0.25) is 0 Å². The van der Waals surface area contributed by atoms with Crippen LogP contribution in [0, 0.1) is 0 Å². The minimum absolute atomic E-state index is 0.382. The lowest BCUT2D eigenvalue weighted by atomic mass is 10.2. The molecule has 21 heavy (non-hydrogen) atoms. The van der Waals surface area contributed by atoms with Gasteiger partial charge in [0.05, 0.1) is 26.9 Å². The molecule has 0 unspecified atom stereocenters. The highest BCUT2D eigenvalue weighted by Crippen LogP contribution is 2.33. The molecule has 0 radical (unpaired) electrons. The predicted octanol–water partition coefficient (Wildman–Crippen LogP) is 3.28. The van der Waals surface area contributed by atoms with Crippen LogP contribution in [0.2, 0.25) is 0 Å². The molecule has 2 aromatic rings. The van der Waals surface area contributed by atoms with Crippen molar-refractivity contribution in [3.05, 3.63) is 48.0 Å². The summed E-state index contributed by atoms with van der Waals surface area (Å²) in [5, 5.41) is 0. The first kappa shape index (κ1) is 14.7. The summed E-state index contributed by atoms with van der Waals surface area (Å²) in [4.78, 5) is 11.3. The van der Waals surface area contributed by atoms with E-state index in [2.05, 4.69) is 4.74 Å². The van der Waals surface area contributed by atoms with E-state index in [1.54, 1.807) is 56.7 Å². The van der Waals surface area contributed by atoms with E-state index in [4.69, 9.17) is 14.2 Å². The molecule has 0 heterocycles. The lowest BCUT2D eigenvalue weighted by molar-refractivity contribution is 0.0600. The maximum absolute atomic E-state index is 11.3. The molecule has 0 atom stereocenters. The Hall–Kier alpha value is -2.69. The van der Waals surface area contributed by atoms with E-state index >= 15 is 0 Å². The first-order valence-electron chi connectivity index (χ1n) is 6.26. The van der Waals surface area contributed by atoms with Gasteiger partial charge < -0.3 is 18.9 Å². The number of hydrogen-bond donors (Lipinski definition) is 0. The van der Waals surface area contributed by atoms with Gasteiger partial charge in [-0.15, -0.1) is 0 Å². The van der Waals surface area contributed by atoms with Crippen LogP contribution in [0.4, 0.5) is 0 Å². The Morgan fingerprint density at radius 3 is 2.00 bits per heavy atom. The summed E-state index contributed by atoms with van der Waals surface area (Å²) in [7, 11) is 4.48. The molecule has 0 saturated heterocycles. The number of esters is 1. The molecule has 110 valence electrons. The lowest BCUT2D eigenvalue weighted by Crippen LogP contribution is -2.00. The predicted molar refractivity (Wildman–Crippen MR) is 77.4 cm³/mol. The van der Waals surface area contributed by atoms with Crippen LogP contribution >= 0.6 is 0 Å². The average molecular weight is 288 g/mol. The summed E-state index contributed by atoms with van der Waals surface area (Å²) < 4.78 is 20.7. The van der Waals surface area contributed by atoms with Gasteiger partial charge in [0, 0.05) is 6.07 Å². The molecule has 5 heteroatoms. The highest BCUT2D eigenvalue weighted by atomic mass is 16.5. The number of hydrogen-bond acceptors (Lipinski definition) is 5. The lowest BCUT2D eigenvalue weighted by Gasteiger charge is -2.10. The maximum atomic E-state index is 11.3. The van der Waals surface area contributed by atoms with Gasteiger partial charge in [-0.25, -0.2) is 4.79 Å². The largest absolute Gasteiger partial charge is 0.493 e. The zero-order chi connectivity index (χ0) is 15.2. The van der Waals surface area contributed by atoms with E-state index < -0.39 is 0 Å². The molecule has 0 saturated carbocycles. The number of methoxy groups -OCH3 is 3. The standard InChI is InChI=1S/C16H16O5/c1-18-14-9-8-13(10-15(14)19-2)21-12-6-4-11(5-7-12)16(17)20-3/h4-10H,1-3H3. The van der Waals surface area contributed by atoms with Gasteiger partial charge in [0.15, 0.2) is 11.5 Å². The number of carbonyl (C=O) groups is 1. The second-order valence-corrected chi connectivity index (χ2v) is 4.13. The third kappa shape index (κ3) is 3.45. The Morgan fingerprint density at radius 1 is 0.810 bits per heavy atom. The van der Waals surface area contributed by atoms with Crippen molar-refractivity contribution in [2.75, 3.05) is 21.3 Å². The Morgan fingerprint density at radius 2 is 1.43 bits per heavy atom. The first-order chi connectivity index (χ1) is 10.2. The topological polar surface area (TPSA) is 54.0 Å². The van der Waals surface area contributed by atoms with Crippen LogP contribution < -0.4 is 14.2 Å². The maximum Gasteiger partial charge on any atom is 0.337 e. The SMILES string of the molecule is COC(=O)c1ccc(Oc2ccc(OC)c(OC)c2)cc1. The monoisotopic (exact) mass is 288 g/mol. The molecule has 0 aromatic heterocycles. The van der Waals surface area contributed by atoms with Crippen molar-refractivity contribution < 1.29 is 23.7 Å². The molecule has 5 nitrogen and oxygen atoms in total. The van der Waals surface area contributed by atoms with E-state index in [-0.39, 0.29) is 5.97 Å². The fraction of sp³-hybridized carbons (Fsp3) is 0.188. The van der Waals surface area contributed by atoms with Crippen molar-refractivity contribution in [3.63, 3.8) is 0 Å². The summed E-state index contributed by atoms with van der Waals surface area (Å²) in [6.07, 6.45) is 0. The summed E-state index contributed by atoms with van der Waals surface area (Å²) >= 11 is 0. The molecule has 0 aliphatic heterocycles. The molecule has 0 N–H and O–H groups in total. The number of ether oxygens (including phenoxy) is 4. The van der Waals surface area contributed by atoms with E-state index in [9.17, 15) is 4.79 Å². The molecule has 0 bridgehead atoms. The average Bonchev–Trinajstić information content (AvgIpc) is 2.54. The van der Waals surface area contributed by atoms with Crippen molar-refractivity contribution in [1.29, 1.82) is 0 Å². The molecule has 2 aromatic carbocycles. The molecular formula is C16H16O5. The van der Waals surface area contributed by atoms with Crippen molar-refractivity contribution in [2.45, 2.75) is 0 Å². The van der Waals surface area contributed by atoms with Crippen LogP contribution in [0.15, 0.2) is 42.5 Å². The van der Waals surface area contributed by atoms with E-state index in [0.29, 0.717) is 28.6 Å². The minimum Gasteiger partial charge on any atom is -0.493 e. The molecule has 0 spiro atoms. The van der Waals surface area contributed by atoms with Gasteiger partial charge in [-0.3, -0.25) is 0 Å². The summed E-state index contributed by atoms with van der Waals surface area (Å²) in [6.45, 7) is 0. The second kappa shape index (κ2) is 6.65. The van der Waals surface area contributed by atoms with Crippen LogP contribution in [0.25, 0.3) is 0 Å². The van der Waals surface area contributed by atoms with Gasteiger partial charge in [-0.05, 0) is 36.4 Å². The Labute approximate surface area is 123 Å². The van der Waals surface area contributed by atoms with Crippen LogP contribution in [0.5, 0.6) is 23.0 Å². The Bertz CT molecular complexity index is 619. The van der Waals surface area contributed by atoms with Crippen molar-refractivity contribution in [1.82, 2.24) is 0 Å². The van der Waals surface area contributed by atoms with Crippen molar-refractivity contribution in [2.24, 2.45) is 0 Å². The smallest absolute Gasteiger partial charge is 0.337 e. The van der Waals surface area contributed by atoms with Crippen molar-refractivity contribution >= 4 is 5.97 Å². The number of benzene rings is 2. The zero-order valence-corrected chi connectivity index (χ0v) is 12.1. The third-order valence-corrected chi connectivity index (χ3v) is 2.87. The highest BCUT2D eigenvalue weighted by Gasteiger charge is 2.08. The van der Waals surface area contributed by atoms with Gasteiger partial charge in [-0.1, -0.05) is 0 Å². The van der Waals surface area contributed by atoms with Crippen LogP contribution in [-0.4, -0.2) is 27.3 Å². The summed E-state index contributed by atoms with van der Waals surface area (Å²) in [5.41, 5.74) is 0.470. The van der Waals surface area contributed by atoms with Crippen LogP contribution in [0.1, 0.15) is 10.4 Å². The van der Waals surface area contributed by atoms with E-state index in [1.807, 2.05) is 0 Å². The number of rotatable bonds is 5. The molecule has 0 aliphatic carbocycles. The third-order valence-electron chi connectivity index (χ3n) is 2.87.